The first-order chi connectivity index (χ1) is 14.8. The Morgan fingerprint density at radius 1 is 0.967 bits per heavy atom. The lowest BCUT2D eigenvalue weighted by Gasteiger charge is -2.09. The lowest BCUT2D eigenvalue weighted by molar-refractivity contribution is 0.0948. The SMILES string of the molecule is CCCNC(=O)c1c(-c2ccccc2)c2c3n(c(-c4ccccc4)cn13)CCCC2. The van der Waals surface area contributed by atoms with Crippen LogP contribution in [0, 0.1) is 0 Å². The Morgan fingerprint density at radius 3 is 2.37 bits per heavy atom. The van der Waals surface area contributed by atoms with E-state index in [2.05, 4.69) is 75.9 Å². The quantitative estimate of drug-likeness (QED) is 0.471. The van der Waals surface area contributed by atoms with Crippen molar-refractivity contribution in [2.45, 2.75) is 39.2 Å². The second-order valence-corrected chi connectivity index (χ2v) is 8.01. The third-order valence-electron chi connectivity index (χ3n) is 6.02. The molecule has 0 spiro atoms. The van der Waals surface area contributed by atoms with Gasteiger partial charge in [-0.1, -0.05) is 67.6 Å². The van der Waals surface area contributed by atoms with Gasteiger partial charge >= 0.3 is 0 Å². The van der Waals surface area contributed by atoms with Crippen LogP contribution in [0.4, 0.5) is 0 Å². The van der Waals surface area contributed by atoms with Crippen LogP contribution in [-0.2, 0) is 13.0 Å². The van der Waals surface area contributed by atoms with Gasteiger partial charge in [0.15, 0.2) is 0 Å². The number of rotatable bonds is 5. The van der Waals surface area contributed by atoms with Gasteiger partial charge in [-0.25, -0.2) is 0 Å². The molecule has 0 aliphatic carbocycles. The van der Waals surface area contributed by atoms with E-state index in [1.54, 1.807) is 0 Å². The summed E-state index contributed by atoms with van der Waals surface area (Å²) in [7, 11) is 0. The fourth-order valence-corrected chi connectivity index (χ4v) is 4.69. The van der Waals surface area contributed by atoms with Crippen molar-refractivity contribution in [2.24, 2.45) is 0 Å². The second-order valence-electron chi connectivity index (χ2n) is 8.01. The maximum atomic E-state index is 13.4. The van der Waals surface area contributed by atoms with Gasteiger partial charge in [-0.2, -0.15) is 0 Å². The van der Waals surface area contributed by atoms with Gasteiger partial charge in [0.05, 0.1) is 5.69 Å². The highest BCUT2D eigenvalue weighted by atomic mass is 16.1. The predicted octanol–water partition coefficient (Wildman–Crippen LogP) is 5.55. The summed E-state index contributed by atoms with van der Waals surface area (Å²) in [5.74, 6) is 0.00860. The Kier molecular flexibility index (Phi) is 4.91. The van der Waals surface area contributed by atoms with E-state index in [1.807, 2.05) is 12.1 Å². The van der Waals surface area contributed by atoms with Crippen LogP contribution >= 0.6 is 0 Å². The van der Waals surface area contributed by atoms with Crippen molar-refractivity contribution < 1.29 is 4.79 Å². The summed E-state index contributed by atoms with van der Waals surface area (Å²) in [5.41, 5.74) is 7.81. The Morgan fingerprint density at radius 2 is 1.67 bits per heavy atom. The molecule has 0 atom stereocenters. The van der Waals surface area contributed by atoms with Crippen molar-refractivity contribution in [3.05, 3.63) is 78.1 Å². The van der Waals surface area contributed by atoms with Crippen molar-refractivity contribution in [2.75, 3.05) is 6.54 Å². The molecule has 0 radical (unpaired) electrons. The predicted molar refractivity (Wildman–Crippen MR) is 122 cm³/mol. The number of carbonyl (C=O) groups excluding carboxylic acids is 1. The number of nitrogens with zero attached hydrogens (tertiary/aromatic N) is 2. The minimum Gasteiger partial charge on any atom is -0.351 e. The van der Waals surface area contributed by atoms with Gasteiger partial charge in [0, 0.05) is 30.4 Å². The summed E-state index contributed by atoms with van der Waals surface area (Å²) >= 11 is 0. The maximum Gasteiger partial charge on any atom is 0.268 e. The number of aromatic nitrogens is 2. The van der Waals surface area contributed by atoms with E-state index in [9.17, 15) is 4.79 Å². The highest BCUT2D eigenvalue weighted by Crippen LogP contribution is 2.39. The van der Waals surface area contributed by atoms with Gasteiger partial charge < -0.3 is 9.88 Å². The molecule has 152 valence electrons. The van der Waals surface area contributed by atoms with Gasteiger partial charge in [-0.15, -0.1) is 0 Å². The molecule has 4 nitrogen and oxygen atoms in total. The number of amides is 1. The number of benzene rings is 2. The van der Waals surface area contributed by atoms with E-state index in [1.165, 1.54) is 22.5 Å². The Balaban J connectivity index is 1.82. The Hall–Kier alpha value is -3.27. The zero-order valence-corrected chi connectivity index (χ0v) is 17.4. The van der Waals surface area contributed by atoms with Crippen molar-refractivity contribution in [1.82, 2.24) is 14.3 Å². The first-order valence-corrected chi connectivity index (χ1v) is 10.9. The lowest BCUT2D eigenvalue weighted by Crippen LogP contribution is -2.25. The van der Waals surface area contributed by atoms with E-state index in [0.717, 1.165) is 49.0 Å². The minimum atomic E-state index is 0.00860. The largest absolute Gasteiger partial charge is 0.351 e. The normalized spacial score (nSPS) is 13.4. The molecule has 0 saturated carbocycles. The first-order valence-electron chi connectivity index (χ1n) is 10.9. The molecule has 3 heterocycles. The highest BCUT2D eigenvalue weighted by Gasteiger charge is 2.29. The molecule has 1 aliphatic heterocycles. The fraction of sp³-hybridized carbons (Fsp3) is 0.269. The summed E-state index contributed by atoms with van der Waals surface area (Å²) in [6, 6.07) is 20.9. The van der Waals surface area contributed by atoms with Crippen LogP contribution in [0.5, 0.6) is 0 Å². The lowest BCUT2D eigenvalue weighted by atomic mass is 9.98. The Labute approximate surface area is 177 Å². The molecule has 0 bridgehead atoms. The molecule has 5 rings (SSSR count). The van der Waals surface area contributed by atoms with Crippen LogP contribution in [0.25, 0.3) is 28.0 Å². The van der Waals surface area contributed by atoms with E-state index in [4.69, 9.17) is 0 Å². The average Bonchev–Trinajstić information content (AvgIpc) is 3.21. The molecule has 0 unspecified atom stereocenters. The van der Waals surface area contributed by atoms with Crippen molar-refractivity contribution in [3.63, 3.8) is 0 Å². The topological polar surface area (TPSA) is 38.4 Å². The summed E-state index contributed by atoms with van der Waals surface area (Å²) in [6.45, 7) is 3.74. The maximum absolute atomic E-state index is 13.4. The number of hydrogen-bond donors (Lipinski definition) is 1. The molecule has 4 heteroatoms. The van der Waals surface area contributed by atoms with Gasteiger partial charge in [-0.05, 0) is 36.8 Å². The Bertz CT molecular complexity index is 1190. The standard InChI is InChI=1S/C26H27N3O/c1-2-16-27-25(30)24-23(20-13-7-4-8-14-20)21-15-9-10-17-28-22(18-29(24)26(21)28)19-11-5-3-6-12-19/h3-8,11-14,18H,2,9-10,15-17H2,1H3,(H,27,30). The highest BCUT2D eigenvalue weighted by molar-refractivity contribution is 6.03. The van der Waals surface area contributed by atoms with Gasteiger partial charge in [-0.3, -0.25) is 9.20 Å². The zero-order valence-electron chi connectivity index (χ0n) is 17.4. The van der Waals surface area contributed by atoms with Crippen molar-refractivity contribution >= 4 is 11.6 Å². The fourth-order valence-electron chi connectivity index (χ4n) is 4.69. The average molecular weight is 398 g/mol. The van der Waals surface area contributed by atoms with Gasteiger partial charge in [0.25, 0.3) is 5.91 Å². The summed E-state index contributed by atoms with van der Waals surface area (Å²) in [4.78, 5) is 13.4. The van der Waals surface area contributed by atoms with Crippen molar-refractivity contribution in [1.29, 1.82) is 0 Å². The molecule has 1 aliphatic rings. The summed E-state index contributed by atoms with van der Waals surface area (Å²) in [5, 5.41) is 3.12. The van der Waals surface area contributed by atoms with Gasteiger partial charge in [0.1, 0.15) is 11.3 Å². The van der Waals surface area contributed by atoms with E-state index < -0.39 is 0 Å². The number of hydrogen-bond acceptors (Lipinski definition) is 1. The van der Waals surface area contributed by atoms with E-state index in [-0.39, 0.29) is 5.91 Å². The zero-order chi connectivity index (χ0) is 20.5. The van der Waals surface area contributed by atoms with Crippen LogP contribution in [0.2, 0.25) is 0 Å². The van der Waals surface area contributed by atoms with Crippen LogP contribution in [-0.4, -0.2) is 21.4 Å². The monoisotopic (exact) mass is 397 g/mol. The number of aryl methyl sites for hydroxylation is 2. The minimum absolute atomic E-state index is 0.00860. The smallest absolute Gasteiger partial charge is 0.268 e. The van der Waals surface area contributed by atoms with E-state index in [0.29, 0.717) is 6.54 Å². The number of imidazole rings is 1. The molecule has 1 amide bonds. The van der Waals surface area contributed by atoms with Crippen LogP contribution < -0.4 is 5.32 Å². The van der Waals surface area contributed by atoms with E-state index >= 15 is 0 Å². The van der Waals surface area contributed by atoms with Crippen LogP contribution in [0.3, 0.4) is 0 Å². The molecule has 2 aromatic carbocycles. The molecule has 0 saturated heterocycles. The first kappa shape index (κ1) is 18.7. The molecule has 1 N–H and O–H groups in total. The van der Waals surface area contributed by atoms with Crippen LogP contribution in [0.15, 0.2) is 66.9 Å². The number of carbonyl (C=O) groups is 1. The third kappa shape index (κ3) is 3.04. The third-order valence-corrected chi connectivity index (χ3v) is 6.02. The molecule has 2 aromatic heterocycles. The van der Waals surface area contributed by atoms with Crippen LogP contribution in [0.1, 0.15) is 42.2 Å². The molecule has 30 heavy (non-hydrogen) atoms. The van der Waals surface area contributed by atoms with Crippen molar-refractivity contribution in [3.8, 4) is 22.4 Å². The molecule has 0 fully saturated rings. The molecular weight excluding hydrogens is 370 g/mol. The van der Waals surface area contributed by atoms with Gasteiger partial charge in [0.2, 0.25) is 0 Å². The summed E-state index contributed by atoms with van der Waals surface area (Å²) in [6.07, 6.45) is 6.35. The summed E-state index contributed by atoms with van der Waals surface area (Å²) < 4.78 is 4.57. The second kappa shape index (κ2) is 7.86. The molecule has 4 aromatic rings. The number of nitrogens with one attached hydrogen (secondary N) is 1. The molecular formula is C26H27N3O.